The normalized spacial score (nSPS) is 14.9. The number of aromatic nitrogens is 2. The van der Waals surface area contributed by atoms with Crippen LogP contribution in [-0.4, -0.2) is 42.2 Å². The number of rotatable bonds is 8. The number of aryl methyl sites for hydroxylation is 1. The summed E-state index contributed by atoms with van der Waals surface area (Å²) in [5.74, 6) is 2.39. The molecule has 178 valence electrons. The number of amides is 1. The van der Waals surface area contributed by atoms with Gasteiger partial charge in [0.2, 0.25) is 5.91 Å². The first-order chi connectivity index (χ1) is 16.5. The number of carbonyl (C=O) groups is 1. The van der Waals surface area contributed by atoms with E-state index in [1.54, 1.807) is 0 Å². The van der Waals surface area contributed by atoms with Gasteiger partial charge in [0.05, 0.1) is 5.41 Å². The summed E-state index contributed by atoms with van der Waals surface area (Å²) in [6.07, 6.45) is 1.34. The van der Waals surface area contributed by atoms with Gasteiger partial charge in [-0.15, -0.1) is 0 Å². The fraction of sp³-hybridized carbons (Fsp3) is 0.370. The molecular weight excluding hydrogens is 426 g/mol. The smallest absolute Gasteiger partial charge is 0.235 e. The zero-order chi connectivity index (χ0) is 24.0. The van der Waals surface area contributed by atoms with Gasteiger partial charge in [0.1, 0.15) is 17.5 Å². The Bertz CT molecular complexity index is 1090. The number of ether oxygens (including phenoxy) is 1. The predicted octanol–water partition coefficient (Wildman–Crippen LogP) is 5.06. The minimum absolute atomic E-state index is 0.0120. The Morgan fingerprint density at radius 1 is 0.971 bits per heavy atom. The molecule has 7 heteroatoms. The molecule has 0 radical (unpaired) electrons. The Hall–Kier alpha value is -3.45. The number of anilines is 4. The minimum Gasteiger partial charge on any atom is -0.381 e. The van der Waals surface area contributed by atoms with Crippen LogP contribution in [0.25, 0.3) is 0 Å². The molecule has 1 aliphatic heterocycles. The Labute approximate surface area is 201 Å². The Kier molecular flexibility index (Phi) is 7.43. The van der Waals surface area contributed by atoms with E-state index in [-0.39, 0.29) is 5.91 Å². The van der Waals surface area contributed by atoms with Gasteiger partial charge in [0, 0.05) is 43.7 Å². The number of hydrogen-bond acceptors (Lipinski definition) is 6. The van der Waals surface area contributed by atoms with Crippen molar-refractivity contribution in [2.75, 3.05) is 41.8 Å². The van der Waals surface area contributed by atoms with Crippen molar-refractivity contribution in [1.29, 1.82) is 0 Å². The first-order valence-corrected chi connectivity index (χ1v) is 12.0. The number of nitrogens with zero attached hydrogens (tertiary/aromatic N) is 3. The molecule has 7 nitrogen and oxygen atoms in total. The maximum atomic E-state index is 13.5. The first-order valence-electron chi connectivity index (χ1n) is 12.0. The lowest BCUT2D eigenvalue weighted by molar-refractivity contribution is -0.125. The summed E-state index contributed by atoms with van der Waals surface area (Å²) < 4.78 is 5.56. The van der Waals surface area contributed by atoms with Gasteiger partial charge >= 0.3 is 0 Å². The van der Waals surface area contributed by atoms with Gasteiger partial charge < -0.3 is 20.3 Å². The molecule has 2 N–H and O–H groups in total. The van der Waals surface area contributed by atoms with Crippen LogP contribution in [0.1, 0.15) is 38.1 Å². The van der Waals surface area contributed by atoms with Crippen LogP contribution in [0.4, 0.5) is 23.0 Å². The summed E-state index contributed by atoms with van der Waals surface area (Å²) >= 11 is 0. The van der Waals surface area contributed by atoms with Gasteiger partial charge in [-0.3, -0.25) is 4.79 Å². The standard InChI is InChI=1S/C27H33N5O2/c1-4-32(5-2)25-19-24(28-20(3)29-25)30-22-11-13-23(14-12-22)31-26(33)27(15-17-34-18-16-27)21-9-7-6-8-10-21/h6-14,19H,4-5,15-18H2,1-3H3,(H,31,33)(H,28,29,30). The quantitative estimate of drug-likeness (QED) is 0.490. The third-order valence-electron chi connectivity index (χ3n) is 6.43. The minimum atomic E-state index is -0.574. The van der Waals surface area contributed by atoms with E-state index in [4.69, 9.17) is 4.74 Å². The lowest BCUT2D eigenvalue weighted by Crippen LogP contribution is -2.44. The van der Waals surface area contributed by atoms with Crippen LogP contribution in [0.5, 0.6) is 0 Å². The molecular formula is C27H33N5O2. The maximum absolute atomic E-state index is 13.5. The van der Waals surface area contributed by atoms with Gasteiger partial charge in [-0.05, 0) is 63.4 Å². The van der Waals surface area contributed by atoms with E-state index in [2.05, 4.69) is 39.3 Å². The van der Waals surface area contributed by atoms with E-state index in [0.717, 1.165) is 47.5 Å². The van der Waals surface area contributed by atoms with Gasteiger partial charge in [-0.1, -0.05) is 30.3 Å². The van der Waals surface area contributed by atoms with Crippen LogP contribution in [0.3, 0.4) is 0 Å². The predicted molar refractivity (Wildman–Crippen MR) is 137 cm³/mol. The lowest BCUT2D eigenvalue weighted by atomic mass is 9.73. The van der Waals surface area contributed by atoms with E-state index in [0.29, 0.717) is 26.1 Å². The van der Waals surface area contributed by atoms with Gasteiger partial charge in [-0.25, -0.2) is 9.97 Å². The van der Waals surface area contributed by atoms with Crippen molar-refractivity contribution in [2.24, 2.45) is 0 Å². The molecule has 3 aromatic rings. The molecule has 0 unspecified atom stereocenters. The highest BCUT2D eigenvalue weighted by Gasteiger charge is 2.41. The molecule has 1 fully saturated rings. The van der Waals surface area contributed by atoms with Crippen molar-refractivity contribution < 1.29 is 9.53 Å². The van der Waals surface area contributed by atoms with Crippen molar-refractivity contribution in [2.45, 2.75) is 39.0 Å². The zero-order valence-corrected chi connectivity index (χ0v) is 20.2. The molecule has 2 aromatic carbocycles. The molecule has 1 saturated heterocycles. The Morgan fingerprint density at radius 3 is 2.26 bits per heavy atom. The van der Waals surface area contributed by atoms with Crippen molar-refractivity contribution in [3.63, 3.8) is 0 Å². The zero-order valence-electron chi connectivity index (χ0n) is 20.2. The molecule has 34 heavy (non-hydrogen) atoms. The van der Waals surface area contributed by atoms with Gasteiger partial charge in [0.15, 0.2) is 0 Å². The second-order valence-electron chi connectivity index (χ2n) is 8.55. The lowest BCUT2D eigenvalue weighted by Gasteiger charge is -2.36. The van der Waals surface area contributed by atoms with E-state index in [9.17, 15) is 4.79 Å². The molecule has 0 spiro atoms. The van der Waals surface area contributed by atoms with E-state index >= 15 is 0 Å². The van der Waals surface area contributed by atoms with Crippen LogP contribution in [0.2, 0.25) is 0 Å². The largest absolute Gasteiger partial charge is 0.381 e. The van der Waals surface area contributed by atoms with Crippen molar-refractivity contribution >= 4 is 28.9 Å². The van der Waals surface area contributed by atoms with Crippen molar-refractivity contribution in [3.05, 3.63) is 72.1 Å². The summed E-state index contributed by atoms with van der Waals surface area (Å²) in [6.45, 7) is 9.06. The van der Waals surface area contributed by atoms with Gasteiger partial charge in [0.25, 0.3) is 0 Å². The second kappa shape index (κ2) is 10.7. The highest BCUT2D eigenvalue weighted by molar-refractivity contribution is 5.99. The van der Waals surface area contributed by atoms with E-state index < -0.39 is 5.41 Å². The van der Waals surface area contributed by atoms with Crippen molar-refractivity contribution in [1.82, 2.24) is 9.97 Å². The Morgan fingerprint density at radius 2 is 1.62 bits per heavy atom. The van der Waals surface area contributed by atoms with Crippen LogP contribution in [0, 0.1) is 6.92 Å². The molecule has 2 heterocycles. The number of benzene rings is 2. The molecule has 0 bridgehead atoms. The fourth-order valence-corrected chi connectivity index (χ4v) is 4.48. The number of nitrogens with one attached hydrogen (secondary N) is 2. The molecule has 1 aromatic heterocycles. The van der Waals surface area contributed by atoms with E-state index in [1.165, 1.54) is 0 Å². The first kappa shape index (κ1) is 23.7. The van der Waals surface area contributed by atoms with Crippen LogP contribution in [0.15, 0.2) is 60.7 Å². The number of carbonyl (C=O) groups excluding carboxylic acids is 1. The molecule has 0 aliphatic carbocycles. The van der Waals surface area contributed by atoms with E-state index in [1.807, 2.05) is 67.6 Å². The highest BCUT2D eigenvalue weighted by Crippen LogP contribution is 2.36. The summed E-state index contributed by atoms with van der Waals surface area (Å²) in [5.41, 5.74) is 2.12. The fourth-order valence-electron chi connectivity index (χ4n) is 4.48. The topological polar surface area (TPSA) is 79.4 Å². The monoisotopic (exact) mass is 459 g/mol. The third kappa shape index (κ3) is 5.20. The maximum Gasteiger partial charge on any atom is 0.235 e. The molecule has 1 aliphatic rings. The SMILES string of the molecule is CCN(CC)c1cc(Nc2ccc(NC(=O)C3(c4ccccc4)CCOCC3)cc2)nc(C)n1. The summed E-state index contributed by atoms with van der Waals surface area (Å²) in [5, 5.41) is 6.49. The van der Waals surface area contributed by atoms with Crippen LogP contribution >= 0.6 is 0 Å². The highest BCUT2D eigenvalue weighted by atomic mass is 16.5. The van der Waals surface area contributed by atoms with Crippen LogP contribution in [-0.2, 0) is 14.9 Å². The molecule has 4 rings (SSSR count). The summed E-state index contributed by atoms with van der Waals surface area (Å²) in [7, 11) is 0. The van der Waals surface area contributed by atoms with Crippen LogP contribution < -0.4 is 15.5 Å². The summed E-state index contributed by atoms with van der Waals surface area (Å²) in [6, 6.07) is 19.7. The molecule has 1 amide bonds. The number of hydrogen-bond donors (Lipinski definition) is 2. The Balaban J connectivity index is 1.48. The average molecular weight is 460 g/mol. The third-order valence-corrected chi connectivity index (χ3v) is 6.43. The van der Waals surface area contributed by atoms with Crippen molar-refractivity contribution in [3.8, 4) is 0 Å². The average Bonchev–Trinajstić information content (AvgIpc) is 2.86. The molecule has 0 saturated carbocycles. The summed E-state index contributed by atoms with van der Waals surface area (Å²) in [4.78, 5) is 24.7. The van der Waals surface area contributed by atoms with Gasteiger partial charge in [-0.2, -0.15) is 0 Å². The second-order valence-corrected chi connectivity index (χ2v) is 8.55. The molecule has 0 atom stereocenters.